The Bertz CT molecular complexity index is 718. The topological polar surface area (TPSA) is 58.9 Å². The van der Waals surface area contributed by atoms with Crippen LogP contribution in [0.1, 0.15) is 37.1 Å². The molecule has 0 amide bonds. The Morgan fingerprint density at radius 3 is 2.60 bits per heavy atom. The molecule has 3 rings (SSSR count). The Morgan fingerprint density at radius 2 is 2.00 bits per heavy atom. The van der Waals surface area contributed by atoms with Gasteiger partial charge in [-0.2, -0.15) is 10.1 Å². The number of nitrogens with one attached hydrogen (secondary N) is 1. The van der Waals surface area contributed by atoms with E-state index >= 15 is 0 Å². The summed E-state index contributed by atoms with van der Waals surface area (Å²) in [4.78, 5) is 11.1. The third kappa shape index (κ3) is 4.72. The van der Waals surface area contributed by atoms with Crippen LogP contribution in [0.3, 0.4) is 0 Å². The summed E-state index contributed by atoms with van der Waals surface area (Å²) in [7, 11) is 3.94. The van der Waals surface area contributed by atoms with Gasteiger partial charge in [0.15, 0.2) is 5.82 Å². The van der Waals surface area contributed by atoms with Crippen LogP contribution in [-0.4, -0.2) is 50.7 Å². The van der Waals surface area contributed by atoms with Crippen LogP contribution in [0.4, 0.5) is 14.7 Å². The van der Waals surface area contributed by atoms with Gasteiger partial charge in [-0.15, -0.1) is 0 Å². The number of anilines is 1. The van der Waals surface area contributed by atoms with E-state index in [-0.39, 0.29) is 18.9 Å². The highest BCUT2D eigenvalue weighted by Gasteiger charge is 2.35. The van der Waals surface area contributed by atoms with Crippen LogP contribution in [-0.2, 0) is 6.54 Å². The van der Waals surface area contributed by atoms with Crippen molar-refractivity contribution in [2.24, 2.45) is 0 Å². The molecular weight excluding hydrogens is 326 g/mol. The molecule has 1 aliphatic carbocycles. The average Bonchev–Trinajstić information content (AvgIpc) is 2.95. The molecule has 0 saturated heterocycles. The number of hydrogen-bond acceptors (Lipinski definition) is 5. The molecule has 1 saturated carbocycles. The van der Waals surface area contributed by atoms with Crippen molar-refractivity contribution in [2.45, 2.75) is 51.1 Å². The number of halogens is 2. The predicted molar refractivity (Wildman–Crippen MR) is 92.1 cm³/mol. The van der Waals surface area contributed by atoms with Crippen LogP contribution in [0, 0.1) is 6.92 Å². The molecule has 2 aromatic heterocycles. The van der Waals surface area contributed by atoms with Gasteiger partial charge in [0.2, 0.25) is 11.9 Å². The molecule has 0 bridgehead atoms. The molecule has 1 N–H and O–H groups in total. The van der Waals surface area contributed by atoms with E-state index < -0.39 is 5.92 Å². The van der Waals surface area contributed by atoms with Crippen molar-refractivity contribution in [3.8, 4) is 5.82 Å². The molecule has 0 aromatic carbocycles. The zero-order chi connectivity index (χ0) is 18.0. The number of aromatic nitrogens is 4. The van der Waals surface area contributed by atoms with Crippen molar-refractivity contribution in [1.82, 2.24) is 24.6 Å². The van der Waals surface area contributed by atoms with Crippen LogP contribution < -0.4 is 5.32 Å². The number of hydrogen-bond donors (Lipinski definition) is 1. The molecule has 6 nitrogen and oxygen atoms in total. The van der Waals surface area contributed by atoms with Crippen LogP contribution in [0.2, 0.25) is 0 Å². The van der Waals surface area contributed by atoms with E-state index in [4.69, 9.17) is 0 Å². The van der Waals surface area contributed by atoms with Crippen molar-refractivity contribution >= 4 is 5.95 Å². The molecule has 1 aliphatic rings. The molecule has 0 spiro atoms. The molecule has 2 aromatic rings. The lowest BCUT2D eigenvalue weighted by atomic mass is 9.92. The second kappa shape index (κ2) is 7.03. The second-order valence-corrected chi connectivity index (χ2v) is 6.96. The van der Waals surface area contributed by atoms with Crippen molar-refractivity contribution < 1.29 is 8.78 Å². The number of alkyl halides is 2. The molecule has 8 heteroatoms. The van der Waals surface area contributed by atoms with Gasteiger partial charge in [-0.05, 0) is 39.9 Å². The molecule has 1 fully saturated rings. The van der Waals surface area contributed by atoms with Crippen LogP contribution in [0.5, 0.6) is 0 Å². The largest absolute Gasteiger partial charge is 0.351 e. The van der Waals surface area contributed by atoms with Gasteiger partial charge in [0.05, 0.1) is 11.4 Å². The van der Waals surface area contributed by atoms with Crippen molar-refractivity contribution in [2.75, 3.05) is 19.4 Å². The molecule has 0 aliphatic heterocycles. The SMILES string of the molecule is Cc1ccn(-c2cc(CN(C)C)nc(NC3CCC(F)(F)CC3)n2)n1. The van der Waals surface area contributed by atoms with Crippen molar-refractivity contribution in [1.29, 1.82) is 0 Å². The summed E-state index contributed by atoms with van der Waals surface area (Å²) in [5, 5.41) is 7.63. The van der Waals surface area contributed by atoms with Gasteiger partial charge >= 0.3 is 0 Å². The highest BCUT2D eigenvalue weighted by atomic mass is 19.3. The van der Waals surface area contributed by atoms with Gasteiger partial charge < -0.3 is 10.2 Å². The summed E-state index contributed by atoms with van der Waals surface area (Å²) in [5.74, 6) is -1.40. The van der Waals surface area contributed by atoms with E-state index in [0.29, 0.717) is 31.2 Å². The maximum absolute atomic E-state index is 13.3. The summed E-state index contributed by atoms with van der Waals surface area (Å²) < 4.78 is 28.4. The smallest absolute Gasteiger partial charge is 0.248 e. The summed E-state index contributed by atoms with van der Waals surface area (Å²) in [5.41, 5.74) is 1.75. The minimum Gasteiger partial charge on any atom is -0.351 e. The van der Waals surface area contributed by atoms with Gasteiger partial charge in [0, 0.05) is 37.7 Å². The van der Waals surface area contributed by atoms with E-state index in [0.717, 1.165) is 11.4 Å². The normalized spacial score (nSPS) is 17.8. The Morgan fingerprint density at radius 1 is 1.28 bits per heavy atom. The zero-order valence-corrected chi connectivity index (χ0v) is 14.8. The Labute approximate surface area is 146 Å². The fourth-order valence-corrected chi connectivity index (χ4v) is 2.98. The first-order valence-corrected chi connectivity index (χ1v) is 8.50. The molecule has 0 unspecified atom stereocenters. The lowest BCUT2D eigenvalue weighted by molar-refractivity contribution is -0.0361. The van der Waals surface area contributed by atoms with E-state index in [1.807, 2.05) is 44.2 Å². The third-order valence-electron chi connectivity index (χ3n) is 4.25. The van der Waals surface area contributed by atoms with Crippen molar-refractivity contribution in [3.63, 3.8) is 0 Å². The van der Waals surface area contributed by atoms with Gasteiger partial charge in [-0.3, -0.25) is 0 Å². The van der Waals surface area contributed by atoms with Gasteiger partial charge in [0.25, 0.3) is 0 Å². The number of rotatable bonds is 5. The van der Waals surface area contributed by atoms with Gasteiger partial charge in [0.1, 0.15) is 0 Å². The highest BCUT2D eigenvalue weighted by molar-refractivity contribution is 5.36. The van der Waals surface area contributed by atoms with E-state index in [2.05, 4.69) is 20.4 Å². The third-order valence-corrected chi connectivity index (χ3v) is 4.25. The summed E-state index contributed by atoms with van der Waals surface area (Å²) >= 11 is 0. The maximum Gasteiger partial charge on any atom is 0.248 e. The Balaban J connectivity index is 1.82. The monoisotopic (exact) mass is 350 g/mol. The van der Waals surface area contributed by atoms with Crippen LogP contribution >= 0.6 is 0 Å². The molecule has 0 radical (unpaired) electrons. The van der Waals surface area contributed by atoms with Crippen molar-refractivity contribution in [3.05, 3.63) is 29.7 Å². The summed E-state index contributed by atoms with van der Waals surface area (Å²) in [6, 6.07) is 3.78. The molecule has 25 heavy (non-hydrogen) atoms. The molecule has 0 atom stereocenters. The Kier molecular flexibility index (Phi) is 4.99. The van der Waals surface area contributed by atoms with E-state index in [9.17, 15) is 8.78 Å². The molecular formula is C17H24F2N6. The fraction of sp³-hybridized carbons (Fsp3) is 0.588. The minimum absolute atomic E-state index is 0.0264. The fourth-order valence-electron chi connectivity index (χ4n) is 2.98. The van der Waals surface area contributed by atoms with Crippen LogP contribution in [0.15, 0.2) is 18.3 Å². The Hall–Kier alpha value is -2.09. The molecule has 136 valence electrons. The first-order valence-electron chi connectivity index (χ1n) is 8.50. The maximum atomic E-state index is 13.3. The lowest BCUT2D eigenvalue weighted by Crippen LogP contribution is -2.32. The lowest BCUT2D eigenvalue weighted by Gasteiger charge is -2.29. The number of nitrogens with zero attached hydrogens (tertiary/aromatic N) is 5. The average molecular weight is 350 g/mol. The number of aryl methyl sites for hydroxylation is 1. The predicted octanol–water partition coefficient (Wildman–Crippen LogP) is 3.02. The summed E-state index contributed by atoms with van der Waals surface area (Å²) in [6.45, 7) is 2.58. The first-order chi connectivity index (χ1) is 11.8. The first kappa shape index (κ1) is 17.7. The summed E-state index contributed by atoms with van der Waals surface area (Å²) in [6.07, 6.45) is 2.51. The van der Waals surface area contributed by atoms with E-state index in [1.54, 1.807) is 4.68 Å². The quantitative estimate of drug-likeness (QED) is 0.898. The zero-order valence-electron chi connectivity index (χ0n) is 14.8. The van der Waals surface area contributed by atoms with Crippen LogP contribution in [0.25, 0.3) is 5.82 Å². The van der Waals surface area contributed by atoms with Gasteiger partial charge in [-0.25, -0.2) is 18.4 Å². The standard InChI is InChI=1S/C17H24F2N6/c1-12-6-9-25(23-12)15-10-14(11-24(2)3)21-16(22-15)20-13-4-7-17(18,19)8-5-13/h6,9-10,13H,4-5,7-8,11H2,1-3H3,(H,20,21,22). The molecule has 2 heterocycles. The highest BCUT2D eigenvalue weighted by Crippen LogP contribution is 2.34. The van der Waals surface area contributed by atoms with Gasteiger partial charge in [-0.1, -0.05) is 0 Å². The minimum atomic E-state index is -2.54. The second-order valence-electron chi connectivity index (χ2n) is 6.96. The van der Waals surface area contributed by atoms with E-state index in [1.165, 1.54) is 0 Å².